The normalized spacial score (nSPS) is 13.7. The SMILES string of the molecule is O=C1O/C(=C/c2nc(-c3cc(-c4ccon4)n(Cc4ccccc4F)n3)ncc2F)c2ccccc21. The van der Waals surface area contributed by atoms with Gasteiger partial charge in [0.15, 0.2) is 11.6 Å². The smallest absolute Gasteiger partial charge is 0.344 e. The minimum absolute atomic E-state index is 0.0776. The molecule has 0 N–H and O–H groups in total. The molecule has 2 aromatic carbocycles. The van der Waals surface area contributed by atoms with Gasteiger partial charge in [-0.15, -0.1) is 0 Å². The number of fused-ring (bicyclic) bond motifs is 1. The van der Waals surface area contributed by atoms with E-state index in [0.29, 0.717) is 33.8 Å². The first-order valence-electron chi connectivity index (χ1n) is 10.8. The average molecular weight is 483 g/mol. The van der Waals surface area contributed by atoms with Crippen LogP contribution in [-0.2, 0) is 11.3 Å². The Hall–Kier alpha value is -4.99. The molecular weight excluding hydrogens is 468 g/mol. The number of nitrogens with zero attached hydrogens (tertiary/aromatic N) is 5. The van der Waals surface area contributed by atoms with Gasteiger partial charge in [0.2, 0.25) is 0 Å². The first kappa shape index (κ1) is 21.5. The van der Waals surface area contributed by atoms with Gasteiger partial charge in [0.25, 0.3) is 0 Å². The summed E-state index contributed by atoms with van der Waals surface area (Å²) >= 11 is 0. The molecule has 0 atom stereocenters. The number of carbonyl (C=O) groups excluding carboxylic acids is 1. The first-order chi connectivity index (χ1) is 17.6. The number of carbonyl (C=O) groups is 1. The van der Waals surface area contributed by atoms with Crippen LogP contribution in [-0.4, -0.2) is 30.9 Å². The fraction of sp³-hybridized carbons (Fsp3) is 0.0385. The Kier molecular flexibility index (Phi) is 5.18. The maximum atomic E-state index is 14.7. The Morgan fingerprint density at radius 3 is 2.56 bits per heavy atom. The third-order valence-electron chi connectivity index (χ3n) is 5.64. The Labute approximate surface area is 202 Å². The Balaban J connectivity index is 1.41. The molecule has 0 fully saturated rings. The van der Waals surface area contributed by atoms with Crippen molar-refractivity contribution in [2.45, 2.75) is 6.54 Å². The van der Waals surface area contributed by atoms with E-state index in [1.165, 1.54) is 18.4 Å². The van der Waals surface area contributed by atoms with Crippen molar-refractivity contribution < 1.29 is 22.8 Å². The van der Waals surface area contributed by atoms with E-state index in [0.717, 1.165) is 6.20 Å². The summed E-state index contributed by atoms with van der Waals surface area (Å²) in [5.41, 5.74) is 2.60. The number of aromatic nitrogens is 5. The maximum absolute atomic E-state index is 14.7. The molecule has 8 nitrogen and oxygen atoms in total. The van der Waals surface area contributed by atoms with Crippen LogP contribution in [0.1, 0.15) is 27.2 Å². The molecule has 0 amide bonds. The molecular formula is C26H15F2N5O3. The van der Waals surface area contributed by atoms with E-state index in [-0.39, 0.29) is 29.6 Å². The van der Waals surface area contributed by atoms with Crippen LogP contribution in [0, 0.1) is 11.6 Å². The number of rotatable bonds is 5. The monoisotopic (exact) mass is 483 g/mol. The van der Waals surface area contributed by atoms with Crippen molar-refractivity contribution in [3.8, 4) is 22.9 Å². The molecule has 0 saturated heterocycles. The lowest BCUT2D eigenvalue weighted by Gasteiger charge is -2.06. The highest BCUT2D eigenvalue weighted by Crippen LogP contribution is 2.32. The van der Waals surface area contributed by atoms with Gasteiger partial charge < -0.3 is 9.26 Å². The van der Waals surface area contributed by atoms with Crippen LogP contribution in [0.25, 0.3) is 34.7 Å². The summed E-state index contributed by atoms with van der Waals surface area (Å²) in [5, 5.41) is 8.50. The minimum Gasteiger partial charge on any atom is -0.422 e. The van der Waals surface area contributed by atoms with Gasteiger partial charge >= 0.3 is 5.97 Å². The number of hydrogen-bond acceptors (Lipinski definition) is 7. The minimum atomic E-state index is -0.700. The Morgan fingerprint density at radius 1 is 0.944 bits per heavy atom. The molecule has 0 spiro atoms. The summed E-state index contributed by atoms with van der Waals surface area (Å²) < 4.78 is 40.8. The van der Waals surface area contributed by atoms with E-state index in [4.69, 9.17) is 9.26 Å². The maximum Gasteiger partial charge on any atom is 0.344 e. The fourth-order valence-electron chi connectivity index (χ4n) is 3.91. The van der Waals surface area contributed by atoms with Crippen molar-refractivity contribution in [3.05, 3.63) is 107 Å². The van der Waals surface area contributed by atoms with Gasteiger partial charge in [-0.05, 0) is 18.2 Å². The molecule has 10 heteroatoms. The Bertz CT molecular complexity index is 1640. The van der Waals surface area contributed by atoms with Crippen LogP contribution in [0.5, 0.6) is 0 Å². The van der Waals surface area contributed by atoms with Crippen LogP contribution in [0.15, 0.2) is 77.6 Å². The topological polar surface area (TPSA) is 95.9 Å². The summed E-state index contributed by atoms with van der Waals surface area (Å²) in [7, 11) is 0. The van der Waals surface area contributed by atoms with E-state index >= 15 is 0 Å². The molecule has 1 aliphatic heterocycles. The van der Waals surface area contributed by atoms with Crippen molar-refractivity contribution in [2.24, 2.45) is 0 Å². The van der Waals surface area contributed by atoms with Crippen molar-refractivity contribution in [2.75, 3.05) is 0 Å². The second-order valence-corrected chi connectivity index (χ2v) is 7.92. The van der Waals surface area contributed by atoms with Gasteiger partial charge in [-0.1, -0.05) is 41.6 Å². The molecule has 0 aliphatic carbocycles. The summed E-state index contributed by atoms with van der Waals surface area (Å²) in [6.45, 7) is 0.111. The zero-order valence-electron chi connectivity index (χ0n) is 18.4. The predicted octanol–water partition coefficient (Wildman–Crippen LogP) is 4.99. The molecule has 1 aliphatic rings. The number of hydrogen-bond donors (Lipinski definition) is 0. The number of esters is 1. The third-order valence-corrected chi connectivity index (χ3v) is 5.64. The third kappa shape index (κ3) is 3.84. The number of ether oxygens (including phenoxy) is 1. The van der Waals surface area contributed by atoms with Crippen LogP contribution < -0.4 is 0 Å². The van der Waals surface area contributed by atoms with Crippen molar-refractivity contribution in [1.29, 1.82) is 0 Å². The number of cyclic esters (lactones) is 1. The lowest BCUT2D eigenvalue weighted by atomic mass is 10.1. The molecule has 5 aromatic rings. The quantitative estimate of drug-likeness (QED) is 0.325. The summed E-state index contributed by atoms with van der Waals surface area (Å²) in [6, 6.07) is 16.5. The molecule has 0 radical (unpaired) electrons. The second-order valence-electron chi connectivity index (χ2n) is 7.92. The molecule has 6 rings (SSSR count). The number of halogens is 2. The van der Waals surface area contributed by atoms with E-state index in [1.807, 2.05) is 0 Å². The van der Waals surface area contributed by atoms with Crippen LogP contribution >= 0.6 is 0 Å². The van der Waals surface area contributed by atoms with Gasteiger partial charge in [0.05, 0.1) is 24.0 Å². The molecule has 3 aromatic heterocycles. The van der Waals surface area contributed by atoms with Crippen LogP contribution in [0.2, 0.25) is 0 Å². The lowest BCUT2D eigenvalue weighted by Crippen LogP contribution is -2.06. The highest BCUT2D eigenvalue weighted by atomic mass is 19.1. The number of benzene rings is 2. The molecule has 176 valence electrons. The van der Waals surface area contributed by atoms with Gasteiger partial charge in [0, 0.05) is 23.3 Å². The first-order valence-corrected chi connectivity index (χ1v) is 10.8. The van der Waals surface area contributed by atoms with Gasteiger partial charge in [0.1, 0.15) is 34.9 Å². The standard InChI is InChI=1S/C26H15F2N5O3/c27-18-8-4-1-5-15(18)14-33-23(20-9-10-35-32-20)11-22(31-33)25-29-13-19(28)21(30-25)12-24-16-6-2-3-7-17(16)26(34)36-24/h1-13H,14H2/b24-12+. The summed E-state index contributed by atoms with van der Waals surface area (Å²) in [4.78, 5) is 20.5. The molecule has 0 unspecified atom stereocenters. The summed E-state index contributed by atoms with van der Waals surface area (Å²) in [5.74, 6) is -1.28. The van der Waals surface area contributed by atoms with E-state index in [1.54, 1.807) is 59.3 Å². The molecule has 4 heterocycles. The van der Waals surface area contributed by atoms with Gasteiger partial charge in [-0.3, -0.25) is 4.68 Å². The fourth-order valence-corrected chi connectivity index (χ4v) is 3.91. The van der Waals surface area contributed by atoms with Gasteiger partial charge in [-0.25, -0.2) is 23.5 Å². The van der Waals surface area contributed by atoms with Crippen molar-refractivity contribution >= 4 is 17.8 Å². The molecule has 0 bridgehead atoms. The molecule has 0 saturated carbocycles. The predicted molar refractivity (Wildman–Crippen MR) is 124 cm³/mol. The highest BCUT2D eigenvalue weighted by Gasteiger charge is 2.26. The van der Waals surface area contributed by atoms with E-state index < -0.39 is 11.8 Å². The van der Waals surface area contributed by atoms with Crippen LogP contribution in [0.3, 0.4) is 0 Å². The van der Waals surface area contributed by atoms with Crippen LogP contribution in [0.4, 0.5) is 8.78 Å². The van der Waals surface area contributed by atoms with Crippen molar-refractivity contribution in [1.82, 2.24) is 24.9 Å². The molecule has 36 heavy (non-hydrogen) atoms. The largest absolute Gasteiger partial charge is 0.422 e. The van der Waals surface area contributed by atoms with E-state index in [2.05, 4.69) is 20.2 Å². The van der Waals surface area contributed by atoms with E-state index in [9.17, 15) is 13.6 Å². The lowest BCUT2D eigenvalue weighted by molar-refractivity contribution is 0.0717. The second kappa shape index (κ2) is 8.66. The average Bonchev–Trinajstić information content (AvgIpc) is 3.62. The highest BCUT2D eigenvalue weighted by molar-refractivity contribution is 6.05. The summed E-state index contributed by atoms with van der Waals surface area (Å²) in [6.07, 6.45) is 3.77. The zero-order chi connectivity index (χ0) is 24.6. The van der Waals surface area contributed by atoms with Crippen molar-refractivity contribution in [3.63, 3.8) is 0 Å². The Morgan fingerprint density at radius 2 is 1.75 bits per heavy atom. The van der Waals surface area contributed by atoms with Gasteiger partial charge in [-0.2, -0.15) is 5.10 Å². The zero-order valence-corrected chi connectivity index (χ0v) is 18.4.